The highest BCUT2D eigenvalue weighted by molar-refractivity contribution is 5.74. The van der Waals surface area contributed by atoms with Gasteiger partial charge in [0.2, 0.25) is 0 Å². The molecule has 2 N–H and O–H groups in total. The van der Waals surface area contributed by atoms with Crippen molar-refractivity contribution in [3.05, 3.63) is 24.3 Å². The number of carbonyl (C=O) groups excluding carboxylic acids is 1. The standard InChI is InChI=1S/C17H20F2N6O2/c1-2-9-5-10(27-17(26)22-7-13(18)19)6-11(9)16-24-23-14-8-21-15-12(25(14)16)3-4-20-15/h3-4,8-11,13,20H,2,5-7H2,1H3,(H,22,26). The molecule has 1 amide bonds. The van der Waals surface area contributed by atoms with E-state index in [2.05, 4.69) is 32.4 Å². The number of aromatic amines is 1. The van der Waals surface area contributed by atoms with Gasteiger partial charge in [-0.3, -0.25) is 4.40 Å². The topological polar surface area (TPSA) is 97.2 Å². The Morgan fingerprint density at radius 1 is 1.44 bits per heavy atom. The maximum absolute atomic E-state index is 12.2. The number of carbonyl (C=O) groups is 1. The van der Waals surface area contributed by atoms with Crippen molar-refractivity contribution in [2.75, 3.05) is 6.54 Å². The molecule has 0 radical (unpaired) electrons. The average molecular weight is 378 g/mol. The Kier molecular flexibility index (Phi) is 4.63. The van der Waals surface area contributed by atoms with Crippen LogP contribution in [-0.2, 0) is 4.74 Å². The third-order valence-electron chi connectivity index (χ3n) is 5.15. The summed E-state index contributed by atoms with van der Waals surface area (Å²) in [5, 5.41) is 10.7. The quantitative estimate of drug-likeness (QED) is 0.712. The minimum absolute atomic E-state index is 0.0541. The summed E-state index contributed by atoms with van der Waals surface area (Å²) in [7, 11) is 0. The largest absolute Gasteiger partial charge is 0.446 e. The lowest BCUT2D eigenvalue weighted by atomic mass is 9.93. The maximum Gasteiger partial charge on any atom is 0.407 e. The van der Waals surface area contributed by atoms with E-state index in [4.69, 9.17) is 4.74 Å². The first kappa shape index (κ1) is 17.6. The molecule has 144 valence electrons. The van der Waals surface area contributed by atoms with Crippen LogP contribution < -0.4 is 5.32 Å². The normalized spacial score (nSPS) is 22.7. The van der Waals surface area contributed by atoms with Crippen LogP contribution in [0.3, 0.4) is 0 Å². The number of aromatic nitrogens is 5. The van der Waals surface area contributed by atoms with Crippen LogP contribution >= 0.6 is 0 Å². The van der Waals surface area contributed by atoms with Crippen molar-refractivity contribution in [2.45, 2.75) is 44.6 Å². The van der Waals surface area contributed by atoms with Crippen molar-refractivity contribution in [1.29, 1.82) is 0 Å². The minimum Gasteiger partial charge on any atom is -0.446 e. The minimum atomic E-state index is -2.60. The molecule has 10 heteroatoms. The van der Waals surface area contributed by atoms with E-state index in [1.807, 2.05) is 16.7 Å². The number of fused-ring (bicyclic) bond motifs is 3. The average Bonchev–Trinajstić information content (AvgIpc) is 3.35. The highest BCUT2D eigenvalue weighted by Gasteiger charge is 2.39. The molecule has 0 bridgehead atoms. The molecule has 1 aliphatic rings. The molecule has 1 saturated carbocycles. The number of hydrogen-bond acceptors (Lipinski definition) is 5. The number of amides is 1. The lowest BCUT2D eigenvalue weighted by molar-refractivity contribution is 0.0873. The van der Waals surface area contributed by atoms with Gasteiger partial charge in [0.1, 0.15) is 11.9 Å². The van der Waals surface area contributed by atoms with Gasteiger partial charge in [-0.05, 0) is 24.8 Å². The van der Waals surface area contributed by atoms with Gasteiger partial charge in [-0.15, -0.1) is 10.2 Å². The van der Waals surface area contributed by atoms with E-state index < -0.39 is 19.1 Å². The second-order valence-corrected chi connectivity index (χ2v) is 6.77. The SMILES string of the molecule is CCC1CC(OC(=O)NCC(F)F)CC1c1nnc2cnc3[nH]ccc3n12. The molecule has 8 nitrogen and oxygen atoms in total. The molecule has 3 atom stereocenters. The van der Waals surface area contributed by atoms with Crippen LogP contribution in [0.25, 0.3) is 16.8 Å². The van der Waals surface area contributed by atoms with Crippen molar-refractivity contribution >= 4 is 22.9 Å². The smallest absolute Gasteiger partial charge is 0.407 e. The molecule has 0 aromatic carbocycles. The molecule has 0 spiro atoms. The second kappa shape index (κ2) is 7.09. The molecule has 3 unspecified atom stereocenters. The van der Waals surface area contributed by atoms with Gasteiger partial charge in [-0.25, -0.2) is 18.6 Å². The highest BCUT2D eigenvalue weighted by Crippen LogP contribution is 2.42. The first-order valence-electron chi connectivity index (χ1n) is 8.96. The van der Waals surface area contributed by atoms with E-state index in [9.17, 15) is 13.6 Å². The lowest BCUT2D eigenvalue weighted by Gasteiger charge is -2.15. The number of alkyl carbamates (subject to hydrolysis) is 1. The Labute approximate surface area is 153 Å². The Morgan fingerprint density at radius 3 is 3.07 bits per heavy atom. The van der Waals surface area contributed by atoms with E-state index >= 15 is 0 Å². The van der Waals surface area contributed by atoms with Crippen LogP contribution in [0.4, 0.5) is 13.6 Å². The van der Waals surface area contributed by atoms with Crippen LogP contribution in [0, 0.1) is 5.92 Å². The fraction of sp³-hybridized carbons (Fsp3) is 0.529. The molecule has 0 aliphatic heterocycles. The third kappa shape index (κ3) is 3.31. The summed E-state index contributed by atoms with van der Waals surface area (Å²) in [6.45, 7) is 1.37. The number of H-pyrrole nitrogens is 1. The number of nitrogens with zero attached hydrogens (tertiary/aromatic N) is 4. The molecule has 1 fully saturated rings. The number of nitrogens with one attached hydrogen (secondary N) is 2. The summed E-state index contributed by atoms with van der Waals surface area (Å²) in [5.74, 6) is 1.12. The monoisotopic (exact) mass is 378 g/mol. The summed E-state index contributed by atoms with van der Waals surface area (Å²) < 4.78 is 31.8. The third-order valence-corrected chi connectivity index (χ3v) is 5.15. The Hall–Kier alpha value is -2.78. The number of hydrogen-bond donors (Lipinski definition) is 2. The van der Waals surface area contributed by atoms with E-state index in [0.29, 0.717) is 18.5 Å². The molecule has 0 saturated heterocycles. The number of halogens is 2. The molecule has 3 aromatic heterocycles. The van der Waals surface area contributed by atoms with E-state index in [0.717, 1.165) is 23.4 Å². The summed E-state index contributed by atoms with van der Waals surface area (Å²) in [6, 6.07) is 1.92. The summed E-state index contributed by atoms with van der Waals surface area (Å²) in [5.41, 5.74) is 2.29. The number of ether oxygens (including phenoxy) is 1. The van der Waals surface area contributed by atoms with Crippen LogP contribution in [0.1, 0.15) is 37.9 Å². The Bertz CT molecular complexity index is 955. The van der Waals surface area contributed by atoms with E-state index in [1.54, 1.807) is 6.20 Å². The molecule has 3 heterocycles. The van der Waals surface area contributed by atoms with Gasteiger partial charge in [-0.1, -0.05) is 13.3 Å². The van der Waals surface area contributed by atoms with Crippen molar-refractivity contribution in [3.8, 4) is 0 Å². The summed E-state index contributed by atoms with van der Waals surface area (Å²) in [4.78, 5) is 19.1. The van der Waals surface area contributed by atoms with Crippen LogP contribution in [0.2, 0.25) is 0 Å². The van der Waals surface area contributed by atoms with Crippen LogP contribution in [-0.4, -0.2) is 49.7 Å². The molecular formula is C17H20F2N6O2. The molecule has 27 heavy (non-hydrogen) atoms. The van der Waals surface area contributed by atoms with Crippen LogP contribution in [0.5, 0.6) is 0 Å². The summed E-state index contributed by atoms with van der Waals surface area (Å²) in [6.07, 6.45) is 1.86. The number of rotatable bonds is 5. The van der Waals surface area contributed by atoms with Crippen molar-refractivity contribution in [3.63, 3.8) is 0 Å². The van der Waals surface area contributed by atoms with E-state index in [1.165, 1.54) is 0 Å². The molecule has 1 aliphatic carbocycles. The first-order chi connectivity index (χ1) is 13.1. The van der Waals surface area contributed by atoms with Gasteiger partial charge in [0, 0.05) is 12.1 Å². The predicted molar refractivity (Wildman–Crippen MR) is 92.7 cm³/mol. The molecule has 3 aromatic rings. The summed E-state index contributed by atoms with van der Waals surface area (Å²) >= 11 is 0. The fourth-order valence-electron chi connectivity index (χ4n) is 3.93. The van der Waals surface area contributed by atoms with Crippen molar-refractivity contribution in [1.82, 2.24) is 29.9 Å². The zero-order valence-electron chi connectivity index (χ0n) is 14.7. The maximum atomic E-state index is 12.2. The van der Waals surface area contributed by atoms with Gasteiger partial charge in [-0.2, -0.15) is 0 Å². The highest BCUT2D eigenvalue weighted by atomic mass is 19.3. The second-order valence-electron chi connectivity index (χ2n) is 6.77. The van der Waals surface area contributed by atoms with Gasteiger partial charge in [0.25, 0.3) is 6.43 Å². The van der Waals surface area contributed by atoms with Gasteiger partial charge in [0.05, 0.1) is 18.3 Å². The molecule has 4 rings (SSSR count). The van der Waals surface area contributed by atoms with Gasteiger partial charge < -0.3 is 15.0 Å². The Balaban J connectivity index is 1.57. The first-order valence-corrected chi connectivity index (χ1v) is 8.96. The van der Waals surface area contributed by atoms with Crippen molar-refractivity contribution < 1.29 is 18.3 Å². The Morgan fingerprint density at radius 2 is 2.30 bits per heavy atom. The lowest BCUT2D eigenvalue weighted by Crippen LogP contribution is -2.31. The van der Waals surface area contributed by atoms with E-state index in [-0.39, 0.29) is 17.9 Å². The number of alkyl halides is 2. The predicted octanol–water partition coefficient (Wildman–Crippen LogP) is 2.87. The van der Waals surface area contributed by atoms with Crippen molar-refractivity contribution in [2.24, 2.45) is 5.92 Å². The van der Waals surface area contributed by atoms with Gasteiger partial charge >= 0.3 is 6.09 Å². The zero-order chi connectivity index (χ0) is 19.0. The zero-order valence-corrected chi connectivity index (χ0v) is 14.7. The molecular weight excluding hydrogens is 358 g/mol. The van der Waals surface area contributed by atoms with Gasteiger partial charge in [0.15, 0.2) is 11.3 Å². The fourth-order valence-corrected chi connectivity index (χ4v) is 3.93. The van der Waals surface area contributed by atoms with Crippen LogP contribution in [0.15, 0.2) is 18.5 Å².